The molecule has 0 aliphatic carbocycles. The van der Waals surface area contributed by atoms with Crippen LogP contribution >= 0.6 is 0 Å². The third-order valence-electron chi connectivity index (χ3n) is 5.25. The summed E-state index contributed by atoms with van der Waals surface area (Å²) >= 11 is 0. The number of likely N-dealkylation sites (tertiary alicyclic amines) is 1. The Balaban J connectivity index is 1.64. The summed E-state index contributed by atoms with van der Waals surface area (Å²) in [5, 5.41) is 0. The van der Waals surface area contributed by atoms with Gasteiger partial charge in [-0.05, 0) is 18.4 Å². The Morgan fingerprint density at radius 2 is 1.77 bits per heavy atom. The van der Waals surface area contributed by atoms with Crippen molar-refractivity contribution < 1.29 is 14.3 Å². The Morgan fingerprint density at radius 3 is 2.46 bits per heavy atom. The number of rotatable bonds is 2. The first-order valence-corrected chi connectivity index (χ1v) is 9.61. The fourth-order valence-corrected chi connectivity index (χ4v) is 3.81. The molecule has 1 aromatic carbocycles. The maximum Gasteiger partial charge on any atom is 0.227 e. The number of ether oxygens (including phenoxy) is 1. The molecule has 2 heterocycles. The summed E-state index contributed by atoms with van der Waals surface area (Å²) in [5.74, 6) is 0.212. The van der Waals surface area contributed by atoms with Gasteiger partial charge in [0, 0.05) is 25.0 Å². The van der Waals surface area contributed by atoms with Gasteiger partial charge in [0.15, 0.2) is 0 Å². The second kappa shape index (κ2) is 7.78. The van der Waals surface area contributed by atoms with E-state index in [4.69, 9.17) is 4.74 Å². The predicted molar refractivity (Wildman–Crippen MR) is 100 cm³/mol. The summed E-state index contributed by atoms with van der Waals surface area (Å²) < 4.78 is 5.88. The van der Waals surface area contributed by atoms with E-state index >= 15 is 0 Å². The summed E-state index contributed by atoms with van der Waals surface area (Å²) in [5.41, 5.74) is 0.709. The largest absolute Gasteiger partial charge is 0.370 e. The molecule has 2 amide bonds. The molecule has 5 nitrogen and oxygen atoms in total. The number of hydrogen-bond acceptors (Lipinski definition) is 3. The molecule has 1 aromatic rings. The summed E-state index contributed by atoms with van der Waals surface area (Å²) in [6.45, 7) is 8.90. The second-order valence-corrected chi connectivity index (χ2v) is 8.39. The van der Waals surface area contributed by atoms with E-state index in [-0.39, 0.29) is 23.8 Å². The smallest absolute Gasteiger partial charge is 0.227 e. The first-order valence-electron chi connectivity index (χ1n) is 9.61. The minimum atomic E-state index is -0.400. The van der Waals surface area contributed by atoms with Crippen LogP contribution in [-0.2, 0) is 14.3 Å². The Labute approximate surface area is 156 Å². The number of carbonyl (C=O) groups excluding carboxylic acids is 2. The molecule has 2 atom stereocenters. The third kappa shape index (κ3) is 4.26. The molecule has 0 spiro atoms. The molecular weight excluding hydrogens is 328 g/mol. The van der Waals surface area contributed by atoms with Crippen molar-refractivity contribution in [2.24, 2.45) is 11.3 Å². The molecule has 3 rings (SSSR count). The van der Waals surface area contributed by atoms with Gasteiger partial charge in [0.1, 0.15) is 6.10 Å². The van der Waals surface area contributed by atoms with E-state index in [0.717, 1.165) is 24.9 Å². The molecule has 2 fully saturated rings. The number of benzene rings is 1. The number of carbonyl (C=O) groups is 2. The van der Waals surface area contributed by atoms with Crippen LogP contribution in [0.2, 0.25) is 0 Å². The minimum absolute atomic E-state index is 0.0650. The highest BCUT2D eigenvalue weighted by atomic mass is 16.5. The number of piperidine rings is 1. The first-order chi connectivity index (χ1) is 12.4. The lowest BCUT2D eigenvalue weighted by atomic mass is 9.90. The molecule has 0 unspecified atom stereocenters. The van der Waals surface area contributed by atoms with Crippen molar-refractivity contribution >= 4 is 11.8 Å². The number of nitrogens with zero attached hydrogens (tertiary/aromatic N) is 2. The number of morpholine rings is 1. The summed E-state index contributed by atoms with van der Waals surface area (Å²) in [7, 11) is 0. The molecular formula is C21H30N2O3. The van der Waals surface area contributed by atoms with Crippen molar-refractivity contribution in [3.05, 3.63) is 35.9 Å². The SMILES string of the molecule is CC(C)(C)C(=O)N1CCC[C@H](C(=O)N2CCO[C@@H](c3ccccc3)C2)C1. The quantitative estimate of drug-likeness (QED) is 0.817. The Bertz CT molecular complexity index is 638. The Hall–Kier alpha value is -1.88. The molecule has 2 saturated heterocycles. The molecule has 142 valence electrons. The highest BCUT2D eigenvalue weighted by Gasteiger charge is 2.36. The molecule has 0 radical (unpaired) electrons. The van der Waals surface area contributed by atoms with Crippen molar-refractivity contribution in [2.45, 2.75) is 39.7 Å². The lowest BCUT2D eigenvalue weighted by molar-refractivity contribution is -0.149. The van der Waals surface area contributed by atoms with E-state index in [1.54, 1.807) is 0 Å². The molecule has 0 aromatic heterocycles. The molecule has 0 bridgehead atoms. The summed E-state index contributed by atoms with van der Waals surface area (Å²) in [6, 6.07) is 10.1. The lowest BCUT2D eigenvalue weighted by Crippen LogP contribution is -2.51. The lowest BCUT2D eigenvalue weighted by Gasteiger charge is -2.39. The van der Waals surface area contributed by atoms with Crippen molar-refractivity contribution in [3.63, 3.8) is 0 Å². The van der Waals surface area contributed by atoms with Crippen LogP contribution in [0.3, 0.4) is 0 Å². The van der Waals surface area contributed by atoms with Gasteiger partial charge in [-0.25, -0.2) is 0 Å². The number of hydrogen-bond donors (Lipinski definition) is 0. The van der Waals surface area contributed by atoms with Crippen molar-refractivity contribution in [2.75, 3.05) is 32.8 Å². The zero-order valence-electron chi connectivity index (χ0n) is 16.1. The van der Waals surface area contributed by atoms with Gasteiger partial charge in [-0.1, -0.05) is 51.1 Å². The van der Waals surface area contributed by atoms with Crippen LogP contribution in [-0.4, -0.2) is 54.4 Å². The van der Waals surface area contributed by atoms with Gasteiger partial charge in [0.2, 0.25) is 11.8 Å². The van der Waals surface area contributed by atoms with Crippen LogP contribution in [0.4, 0.5) is 0 Å². The van der Waals surface area contributed by atoms with Gasteiger partial charge in [0.05, 0.1) is 19.1 Å². The van der Waals surface area contributed by atoms with E-state index in [1.807, 2.05) is 60.9 Å². The maximum absolute atomic E-state index is 13.1. The van der Waals surface area contributed by atoms with Crippen LogP contribution in [0.5, 0.6) is 0 Å². The standard InChI is InChI=1S/C21H30N2O3/c1-21(2,3)20(25)23-11-7-10-17(14-23)19(24)22-12-13-26-18(15-22)16-8-5-4-6-9-16/h4-6,8-9,17-18H,7,10-15H2,1-3H3/t17-,18+/m0/s1. The highest BCUT2D eigenvalue weighted by molar-refractivity contribution is 5.84. The average molecular weight is 358 g/mol. The molecule has 0 N–H and O–H groups in total. The number of amides is 2. The maximum atomic E-state index is 13.1. The van der Waals surface area contributed by atoms with E-state index in [1.165, 1.54) is 0 Å². The van der Waals surface area contributed by atoms with E-state index < -0.39 is 5.41 Å². The molecule has 5 heteroatoms. The molecule has 2 aliphatic rings. The summed E-state index contributed by atoms with van der Waals surface area (Å²) in [4.78, 5) is 29.5. The van der Waals surface area contributed by atoms with Crippen LogP contribution in [0.25, 0.3) is 0 Å². The van der Waals surface area contributed by atoms with Crippen molar-refractivity contribution in [1.29, 1.82) is 0 Å². The predicted octanol–water partition coefficient (Wildman–Crippen LogP) is 2.87. The third-order valence-corrected chi connectivity index (χ3v) is 5.25. The molecule has 0 saturated carbocycles. The summed E-state index contributed by atoms with van der Waals surface area (Å²) in [6.07, 6.45) is 1.69. The van der Waals surface area contributed by atoms with Gasteiger partial charge in [-0.3, -0.25) is 9.59 Å². The topological polar surface area (TPSA) is 49.9 Å². The van der Waals surface area contributed by atoms with E-state index in [9.17, 15) is 9.59 Å². The fraction of sp³-hybridized carbons (Fsp3) is 0.619. The first kappa shape index (κ1) is 18.9. The molecule has 26 heavy (non-hydrogen) atoms. The van der Waals surface area contributed by atoms with E-state index in [0.29, 0.717) is 26.2 Å². The van der Waals surface area contributed by atoms with Gasteiger partial charge in [-0.15, -0.1) is 0 Å². The van der Waals surface area contributed by atoms with Crippen molar-refractivity contribution in [3.8, 4) is 0 Å². The Morgan fingerprint density at radius 1 is 1.04 bits per heavy atom. The van der Waals surface area contributed by atoms with Crippen LogP contribution in [0, 0.1) is 11.3 Å². The van der Waals surface area contributed by atoms with Gasteiger partial charge in [-0.2, -0.15) is 0 Å². The van der Waals surface area contributed by atoms with Gasteiger partial charge in [0.25, 0.3) is 0 Å². The molecule has 2 aliphatic heterocycles. The van der Waals surface area contributed by atoms with Crippen LogP contribution in [0.1, 0.15) is 45.3 Å². The van der Waals surface area contributed by atoms with E-state index in [2.05, 4.69) is 0 Å². The minimum Gasteiger partial charge on any atom is -0.370 e. The van der Waals surface area contributed by atoms with Crippen LogP contribution in [0.15, 0.2) is 30.3 Å². The van der Waals surface area contributed by atoms with Gasteiger partial charge < -0.3 is 14.5 Å². The monoisotopic (exact) mass is 358 g/mol. The zero-order chi connectivity index (χ0) is 18.7. The Kier molecular flexibility index (Phi) is 5.66. The van der Waals surface area contributed by atoms with Crippen LogP contribution < -0.4 is 0 Å². The van der Waals surface area contributed by atoms with Gasteiger partial charge >= 0.3 is 0 Å². The normalized spacial score (nSPS) is 24.4. The zero-order valence-corrected chi connectivity index (χ0v) is 16.1. The fourth-order valence-electron chi connectivity index (χ4n) is 3.81. The average Bonchev–Trinajstić information content (AvgIpc) is 2.67. The van der Waals surface area contributed by atoms with Crippen molar-refractivity contribution in [1.82, 2.24) is 9.80 Å². The highest BCUT2D eigenvalue weighted by Crippen LogP contribution is 2.27. The second-order valence-electron chi connectivity index (χ2n) is 8.39.